The van der Waals surface area contributed by atoms with Gasteiger partial charge in [-0.25, -0.2) is 0 Å². The number of thiocarbonyl (C=S) groups is 1. The minimum Gasteiger partial charge on any atom is -0.310 e. The molecule has 4 atom stereocenters. The predicted molar refractivity (Wildman–Crippen MR) is 138 cm³/mol. The Morgan fingerprint density at radius 3 is 2.55 bits per heavy atom. The fraction of sp³-hybridized carbons (Fsp3) is 0.240. The van der Waals surface area contributed by atoms with Crippen LogP contribution in [-0.4, -0.2) is 43.3 Å². The molecule has 33 heavy (non-hydrogen) atoms. The number of amides is 1. The molecule has 8 heteroatoms. The van der Waals surface area contributed by atoms with Crippen molar-refractivity contribution in [2.24, 2.45) is 0 Å². The largest absolute Gasteiger partial charge is 0.310 e. The van der Waals surface area contributed by atoms with Crippen LogP contribution >= 0.6 is 47.3 Å². The first kappa shape index (κ1) is 20.5. The number of Topliss-reactive ketones (excluding diaryl/α,β-unsaturated/α-hetero) is 1. The second kappa shape index (κ2) is 6.83. The van der Waals surface area contributed by atoms with E-state index in [-0.39, 0.29) is 23.7 Å². The second-order valence-corrected chi connectivity index (χ2v) is 12.3. The number of benzene rings is 3. The number of rotatable bonds is 1. The monoisotopic (exact) mass is 508 g/mol. The van der Waals surface area contributed by atoms with E-state index in [1.54, 1.807) is 0 Å². The first-order chi connectivity index (χ1) is 16.0. The van der Waals surface area contributed by atoms with E-state index in [1.165, 1.54) is 11.8 Å². The summed E-state index contributed by atoms with van der Waals surface area (Å²) in [7, 11) is 0. The zero-order chi connectivity index (χ0) is 22.5. The Hall–Kier alpha value is -1.90. The van der Waals surface area contributed by atoms with Crippen molar-refractivity contribution in [3.05, 3.63) is 82.4 Å². The van der Waals surface area contributed by atoms with E-state index >= 15 is 0 Å². The van der Waals surface area contributed by atoms with Crippen molar-refractivity contribution in [3.63, 3.8) is 0 Å². The lowest BCUT2D eigenvalue weighted by Gasteiger charge is -2.43. The van der Waals surface area contributed by atoms with E-state index < -0.39 is 10.3 Å². The van der Waals surface area contributed by atoms with Crippen LogP contribution in [0, 0.1) is 0 Å². The van der Waals surface area contributed by atoms with Crippen LogP contribution in [0.25, 0.3) is 10.8 Å². The van der Waals surface area contributed by atoms with Crippen molar-refractivity contribution in [2.45, 2.75) is 22.2 Å². The third-order valence-corrected chi connectivity index (χ3v) is 10.6. The van der Waals surface area contributed by atoms with E-state index in [0.717, 1.165) is 27.7 Å². The minimum absolute atomic E-state index is 0.00520. The van der Waals surface area contributed by atoms with Gasteiger partial charge in [0, 0.05) is 34.2 Å². The summed E-state index contributed by atoms with van der Waals surface area (Å²) in [5, 5.41) is 5.55. The summed E-state index contributed by atoms with van der Waals surface area (Å²) in [5.74, 6) is 1.15. The van der Waals surface area contributed by atoms with Gasteiger partial charge in [-0.05, 0) is 34.0 Å². The van der Waals surface area contributed by atoms with E-state index in [2.05, 4.69) is 10.2 Å². The van der Waals surface area contributed by atoms with Gasteiger partial charge in [0.2, 0.25) is 5.91 Å². The van der Waals surface area contributed by atoms with E-state index in [9.17, 15) is 9.59 Å². The molecule has 7 rings (SSSR count). The number of hydrogen-bond donors (Lipinski definition) is 1. The molecular weight excluding hydrogens is 492 g/mol. The van der Waals surface area contributed by atoms with Crippen LogP contribution in [0.4, 0.5) is 0 Å². The highest BCUT2D eigenvalue weighted by atomic mass is 35.5. The van der Waals surface area contributed by atoms with Crippen LogP contribution in [0.5, 0.6) is 0 Å². The number of ketones is 1. The van der Waals surface area contributed by atoms with E-state index in [0.29, 0.717) is 20.8 Å². The standard InChI is InChI=1S/C25H17ClN2O2S3/c26-15-9-7-14(8-10-15)20-18-11-32-12-28(18)24(25(20)22(30)27-23(31)33-25)17-6-2-4-13-3-1-5-16(19(13)17)21(24)29/h1-10,18,20H,11-12H2,(H,27,30,31)/t18-,20-,24-,25+/m1/s1. The Balaban J connectivity index is 1.61. The molecule has 3 aromatic rings. The van der Waals surface area contributed by atoms with Gasteiger partial charge in [0.1, 0.15) is 14.6 Å². The summed E-state index contributed by atoms with van der Waals surface area (Å²) in [6, 6.07) is 19.7. The molecule has 3 aliphatic heterocycles. The lowest BCUT2D eigenvalue weighted by molar-refractivity contribution is -0.123. The predicted octanol–water partition coefficient (Wildman–Crippen LogP) is 4.94. The van der Waals surface area contributed by atoms with E-state index in [1.807, 2.05) is 72.4 Å². The fourth-order valence-corrected chi connectivity index (χ4v) is 9.95. The number of nitrogens with one attached hydrogen (secondary N) is 1. The molecule has 3 fully saturated rings. The van der Waals surface area contributed by atoms with Crippen molar-refractivity contribution < 1.29 is 9.59 Å². The van der Waals surface area contributed by atoms with Crippen LogP contribution in [0.1, 0.15) is 27.4 Å². The Morgan fingerprint density at radius 2 is 1.82 bits per heavy atom. The molecule has 3 aromatic carbocycles. The van der Waals surface area contributed by atoms with E-state index in [4.69, 9.17) is 23.8 Å². The van der Waals surface area contributed by atoms with Crippen molar-refractivity contribution in [2.75, 3.05) is 11.6 Å². The van der Waals surface area contributed by atoms with Crippen molar-refractivity contribution in [1.82, 2.24) is 10.2 Å². The average molecular weight is 509 g/mol. The SMILES string of the molecule is O=C1NC(=S)S[C@@]12[C@H](c1ccc(Cl)cc1)[C@H]1CSCN1[C@]21C(=O)c2cccc3cccc1c23. The quantitative estimate of drug-likeness (QED) is 0.470. The molecule has 1 aliphatic carbocycles. The lowest BCUT2D eigenvalue weighted by Crippen LogP contribution is -2.61. The topological polar surface area (TPSA) is 49.4 Å². The van der Waals surface area contributed by atoms with Gasteiger partial charge in [-0.15, -0.1) is 11.8 Å². The van der Waals surface area contributed by atoms with Crippen LogP contribution in [0.2, 0.25) is 5.02 Å². The lowest BCUT2D eigenvalue weighted by atomic mass is 9.70. The maximum atomic E-state index is 14.6. The molecule has 1 amide bonds. The highest BCUT2D eigenvalue weighted by Gasteiger charge is 2.80. The third kappa shape index (κ3) is 2.28. The zero-order valence-electron chi connectivity index (χ0n) is 17.2. The smallest absolute Gasteiger partial charge is 0.245 e. The van der Waals surface area contributed by atoms with Gasteiger partial charge in [-0.3, -0.25) is 14.5 Å². The Kier molecular flexibility index (Phi) is 4.24. The molecule has 4 nitrogen and oxygen atoms in total. The molecule has 0 unspecified atom stereocenters. The summed E-state index contributed by atoms with van der Waals surface area (Å²) in [6.45, 7) is 0. The van der Waals surface area contributed by atoms with Gasteiger partial charge >= 0.3 is 0 Å². The van der Waals surface area contributed by atoms with Crippen molar-refractivity contribution >= 4 is 74.1 Å². The van der Waals surface area contributed by atoms with Gasteiger partial charge in [-0.1, -0.05) is 84.1 Å². The normalized spacial score (nSPS) is 32.5. The van der Waals surface area contributed by atoms with Crippen molar-refractivity contribution in [3.8, 4) is 0 Å². The summed E-state index contributed by atoms with van der Waals surface area (Å²) < 4.78 is -0.670. The first-order valence-electron chi connectivity index (χ1n) is 10.7. The maximum absolute atomic E-state index is 14.6. The Bertz CT molecular complexity index is 1410. The van der Waals surface area contributed by atoms with Crippen LogP contribution < -0.4 is 5.32 Å². The molecule has 0 saturated carbocycles. The van der Waals surface area contributed by atoms with Crippen LogP contribution in [-0.2, 0) is 10.3 Å². The average Bonchev–Trinajstić information content (AvgIpc) is 3.51. The minimum atomic E-state index is -1.12. The van der Waals surface area contributed by atoms with Gasteiger partial charge in [-0.2, -0.15) is 0 Å². The number of fused-ring (bicyclic) bond motifs is 4. The number of nitrogens with zero attached hydrogens (tertiary/aromatic N) is 1. The van der Waals surface area contributed by atoms with Crippen molar-refractivity contribution in [1.29, 1.82) is 0 Å². The number of carbonyl (C=O) groups excluding carboxylic acids is 2. The molecule has 3 heterocycles. The number of hydrogen-bond acceptors (Lipinski definition) is 6. The number of thioether (sulfide) groups is 2. The second-order valence-electron chi connectivity index (χ2n) is 8.89. The first-order valence-corrected chi connectivity index (χ1v) is 13.5. The van der Waals surface area contributed by atoms with Crippen LogP contribution in [0.15, 0.2) is 60.7 Å². The molecule has 0 aromatic heterocycles. The molecule has 0 bridgehead atoms. The number of carbonyl (C=O) groups is 2. The summed E-state index contributed by atoms with van der Waals surface area (Å²) in [4.78, 5) is 30.9. The summed E-state index contributed by atoms with van der Waals surface area (Å²) in [5.41, 5.74) is 1.51. The molecule has 1 N–H and O–H groups in total. The van der Waals surface area contributed by atoms with Crippen LogP contribution in [0.3, 0.4) is 0 Å². The molecule has 2 spiro atoms. The fourth-order valence-electron chi connectivity index (χ4n) is 6.56. The molecule has 0 radical (unpaired) electrons. The van der Waals surface area contributed by atoms with Gasteiger partial charge in [0.05, 0.1) is 0 Å². The molecule has 3 saturated heterocycles. The van der Waals surface area contributed by atoms with Gasteiger partial charge in [0.15, 0.2) is 5.78 Å². The molecular formula is C25H17ClN2O2S3. The maximum Gasteiger partial charge on any atom is 0.245 e. The third-order valence-electron chi connectivity index (χ3n) is 7.61. The Labute approximate surface area is 209 Å². The highest BCUT2D eigenvalue weighted by molar-refractivity contribution is 8.25. The molecule has 164 valence electrons. The van der Waals surface area contributed by atoms with Gasteiger partial charge < -0.3 is 5.32 Å². The Morgan fingerprint density at radius 1 is 1.06 bits per heavy atom. The summed E-state index contributed by atoms with van der Waals surface area (Å²) in [6.07, 6.45) is 0. The van der Waals surface area contributed by atoms with Gasteiger partial charge in [0.25, 0.3) is 0 Å². The summed E-state index contributed by atoms with van der Waals surface area (Å²) >= 11 is 15.0. The molecule has 4 aliphatic rings. The number of halogens is 1. The zero-order valence-corrected chi connectivity index (χ0v) is 20.4. The highest BCUT2D eigenvalue weighted by Crippen LogP contribution is 2.69.